The van der Waals surface area contributed by atoms with Crippen LogP contribution in [-0.4, -0.2) is 65.7 Å². The van der Waals surface area contributed by atoms with E-state index in [2.05, 4.69) is 29.9 Å². The van der Waals surface area contributed by atoms with Gasteiger partial charge in [-0.05, 0) is 72.8 Å². The maximum atomic E-state index is 10.0. The van der Waals surface area contributed by atoms with E-state index in [0.717, 1.165) is 0 Å². The molecule has 19 heteroatoms. The van der Waals surface area contributed by atoms with E-state index in [1.165, 1.54) is 73.6 Å². The minimum absolute atomic E-state index is 0. The van der Waals surface area contributed by atoms with E-state index in [0.29, 0.717) is 0 Å². The molecule has 0 aliphatic heterocycles. The first-order chi connectivity index (χ1) is 25.8. The summed E-state index contributed by atoms with van der Waals surface area (Å²) in [4.78, 5) is 81.3. The first-order valence-corrected chi connectivity index (χ1v) is 14.6. The maximum Gasteiger partial charge on any atom is 6.00 e. The number of nitrogens with zero attached hydrogens (tertiary/aromatic N) is 6. The van der Waals surface area contributed by atoms with Crippen molar-refractivity contribution >= 4 is 35.8 Å². The molecule has 0 aliphatic rings. The van der Waals surface area contributed by atoms with Crippen LogP contribution in [-0.2, 0) is 21.1 Å². The zero-order valence-corrected chi connectivity index (χ0v) is 30.8. The van der Waals surface area contributed by atoms with Crippen LogP contribution in [0.1, 0.15) is 62.9 Å². The molecular formula is C36H24N6O12W. The van der Waals surface area contributed by atoms with E-state index < -0.39 is 35.8 Å². The fourth-order valence-corrected chi connectivity index (χ4v) is 2.90. The summed E-state index contributed by atoms with van der Waals surface area (Å²) in [7, 11) is 0. The van der Waals surface area contributed by atoms with Gasteiger partial charge in [-0.15, -0.1) is 0 Å². The molecule has 0 fully saturated rings. The van der Waals surface area contributed by atoms with Crippen LogP contribution >= 0.6 is 0 Å². The molecule has 0 saturated heterocycles. The quantitative estimate of drug-likeness (QED) is 0.158. The minimum Gasteiger partial charge on any atom is -0.543 e. The first kappa shape index (κ1) is 47.4. The number of aromatic carboxylic acids is 6. The van der Waals surface area contributed by atoms with Crippen molar-refractivity contribution < 1.29 is 80.5 Å². The molecule has 0 unspecified atom stereocenters. The third-order valence-corrected chi connectivity index (χ3v) is 5.24. The Morgan fingerprint density at radius 2 is 0.400 bits per heavy atom. The summed E-state index contributed by atoms with van der Waals surface area (Å²) in [5.74, 6) is -7.44. The summed E-state index contributed by atoms with van der Waals surface area (Å²) in [5.41, 5.74) is -0.181. The Balaban J connectivity index is 0.000000634. The molecule has 0 amide bonds. The molecule has 6 aromatic rings. The van der Waals surface area contributed by atoms with Crippen molar-refractivity contribution in [2.45, 2.75) is 0 Å². The summed E-state index contributed by atoms with van der Waals surface area (Å²) >= 11 is 0. The Labute approximate surface area is 325 Å². The fourth-order valence-electron chi connectivity index (χ4n) is 2.90. The van der Waals surface area contributed by atoms with Crippen LogP contribution in [0, 0.1) is 0 Å². The summed E-state index contributed by atoms with van der Waals surface area (Å²) in [5, 5.41) is 60.2. The molecule has 18 nitrogen and oxygen atoms in total. The molecule has 0 radical (unpaired) electrons. The number of hydrogen-bond donors (Lipinski definition) is 0. The van der Waals surface area contributed by atoms with Crippen molar-refractivity contribution in [1.29, 1.82) is 0 Å². The Kier molecular flexibility index (Phi) is 24.2. The van der Waals surface area contributed by atoms with E-state index in [1.54, 1.807) is 72.8 Å². The number of pyridine rings is 6. The van der Waals surface area contributed by atoms with Gasteiger partial charge in [0.25, 0.3) is 0 Å². The third-order valence-electron chi connectivity index (χ3n) is 5.24. The second kappa shape index (κ2) is 28.0. The predicted octanol–water partition coefficient (Wildman–Crippen LogP) is -3.33. The smallest absolute Gasteiger partial charge is 0.543 e. The van der Waals surface area contributed by atoms with Gasteiger partial charge in [0.1, 0.15) is 0 Å². The van der Waals surface area contributed by atoms with Crippen molar-refractivity contribution in [2.24, 2.45) is 0 Å². The van der Waals surface area contributed by atoms with Crippen molar-refractivity contribution in [2.75, 3.05) is 0 Å². The van der Waals surface area contributed by atoms with Crippen molar-refractivity contribution in [1.82, 2.24) is 29.9 Å². The molecule has 0 atom stereocenters. The van der Waals surface area contributed by atoms with E-state index in [1.807, 2.05) is 0 Å². The Hall–Kier alpha value is -7.59. The number of carbonyl (C=O) groups excluding carboxylic acids is 6. The van der Waals surface area contributed by atoms with Gasteiger partial charge in [-0.2, -0.15) is 0 Å². The third kappa shape index (κ3) is 22.1. The Bertz CT molecular complexity index is 1640. The first-order valence-electron chi connectivity index (χ1n) is 14.6. The van der Waals surface area contributed by atoms with Gasteiger partial charge in [0, 0.05) is 37.2 Å². The van der Waals surface area contributed by atoms with Gasteiger partial charge in [0.05, 0.1) is 70.0 Å². The van der Waals surface area contributed by atoms with Gasteiger partial charge in [-0.3, -0.25) is 29.9 Å². The van der Waals surface area contributed by atoms with Crippen molar-refractivity contribution in [3.63, 3.8) is 0 Å². The van der Waals surface area contributed by atoms with E-state index in [9.17, 15) is 59.4 Å². The molecule has 0 aromatic carbocycles. The number of carbonyl (C=O) groups is 6. The van der Waals surface area contributed by atoms with Crippen LogP contribution in [0.4, 0.5) is 0 Å². The van der Waals surface area contributed by atoms with Gasteiger partial charge in [-0.1, -0.05) is 36.4 Å². The minimum atomic E-state index is -1.24. The molecule has 0 saturated carbocycles. The normalized spacial score (nSPS) is 8.73. The Morgan fingerprint density at radius 3 is 0.455 bits per heavy atom. The number of carboxylic acids is 6. The van der Waals surface area contributed by atoms with Gasteiger partial charge in [0.15, 0.2) is 0 Å². The largest absolute Gasteiger partial charge is 6.00 e. The molecule has 6 aromatic heterocycles. The zero-order valence-electron chi connectivity index (χ0n) is 27.8. The molecule has 6 heterocycles. The summed E-state index contributed by atoms with van der Waals surface area (Å²) in [6, 6.07) is 27.7. The second-order valence-corrected chi connectivity index (χ2v) is 9.01. The number of hydrogen-bond acceptors (Lipinski definition) is 18. The number of aromatic nitrogens is 6. The van der Waals surface area contributed by atoms with Crippen LogP contribution in [0.2, 0.25) is 0 Å². The van der Waals surface area contributed by atoms with E-state index >= 15 is 0 Å². The molecule has 6 rings (SSSR count). The average molecular weight is 916 g/mol. The molecule has 0 bridgehead atoms. The van der Waals surface area contributed by atoms with Gasteiger partial charge >= 0.3 is 21.1 Å². The molecule has 55 heavy (non-hydrogen) atoms. The van der Waals surface area contributed by atoms with Gasteiger partial charge in [-0.25, -0.2) is 0 Å². The SMILES string of the molecule is O=C([O-])c1ccccn1.O=C([O-])c1ccccn1.O=C([O-])c1ccccn1.O=C([O-])c1ccccn1.O=C([O-])c1ccccn1.O=C([O-])c1ccccn1.[W+6]. The summed E-state index contributed by atoms with van der Waals surface area (Å²) < 4.78 is 0. The molecular weight excluding hydrogens is 892 g/mol. The number of rotatable bonds is 6. The molecule has 0 aliphatic carbocycles. The molecule has 0 spiro atoms. The predicted molar refractivity (Wildman–Crippen MR) is 171 cm³/mol. The number of carboxylic acid groups (broad SMARTS) is 6. The zero-order chi connectivity index (χ0) is 40.1. The van der Waals surface area contributed by atoms with Crippen LogP contribution in [0.25, 0.3) is 0 Å². The van der Waals surface area contributed by atoms with Crippen LogP contribution in [0.15, 0.2) is 146 Å². The van der Waals surface area contributed by atoms with Crippen molar-refractivity contribution in [3.8, 4) is 0 Å². The molecule has 276 valence electrons. The van der Waals surface area contributed by atoms with Crippen LogP contribution < -0.4 is 30.6 Å². The fraction of sp³-hybridized carbons (Fsp3) is 0. The second-order valence-electron chi connectivity index (χ2n) is 9.01. The summed E-state index contributed by atoms with van der Waals surface area (Å²) in [6.07, 6.45) is 8.45. The summed E-state index contributed by atoms with van der Waals surface area (Å²) in [6.45, 7) is 0. The van der Waals surface area contributed by atoms with Gasteiger partial charge in [0.2, 0.25) is 0 Å². The Morgan fingerprint density at radius 1 is 0.273 bits per heavy atom. The van der Waals surface area contributed by atoms with E-state index in [4.69, 9.17) is 0 Å². The maximum absolute atomic E-state index is 10.0. The van der Waals surface area contributed by atoms with Crippen LogP contribution in [0.5, 0.6) is 0 Å². The standard InChI is InChI=1S/6C6H5NO2.W/c6*8-6(9)5-3-1-2-4-7-5;/h6*1-4H,(H,8,9);/q;;;;;;+6/p-6. The van der Waals surface area contributed by atoms with Crippen LogP contribution in [0.3, 0.4) is 0 Å². The monoisotopic (exact) mass is 916 g/mol. The molecule has 0 N–H and O–H groups in total. The van der Waals surface area contributed by atoms with Crippen molar-refractivity contribution in [3.05, 3.63) is 181 Å². The average Bonchev–Trinajstić information content (AvgIpc) is 3.21. The van der Waals surface area contributed by atoms with Gasteiger partial charge < -0.3 is 59.4 Å². The van der Waals surface area contributed by atoms with E-state index in [-0.39, 0.29) is 55.2 Å². The topological polar surface area (TPSA) is 318 Å².